The summed E-state index contributed by atoms with van der Waals surface area (Å²) in [5.74, 6) is -0.103. The van der Waals surface area contributed by atoms with Crippen LogP contribution in [0.25, 0.3) is 0 Å². The van der Waals surface area contributed by atoms with Crippen LogP contribution in [0.5, 0.6) is 0 Å². The zero-order valence-electron chi connectivity index (χ0n) is 9.99. The highest BCUT2D eigenvalue weighted by atomic mass is 19.1. The molecule has 1 saturated heterocycles. The summed E-state index contributed by atoms with van der Waals surface area (Å²) in [6, 6.07) is 5.86. The van der Waals surface area contributed by atoms with Crippen LogP contribution in [-0.2, 0) is 17.6 Å². The summed E-state index contributed by atoms with van der Waals surface area (Å²) >= 11 is 0. The van der Waals surface area contributed by atoms with Gasteiger partial charge in [0, 0.05) is 19.1 Å². The fourth-order valence-electron chi connectivity index (χ4n) is 2.96. The molecule has 1 aliphatic carbocycles. The van der Waals surface area contributed by atoms with Gasteiger partial charge in [-0.15, -0.1) is 0 Å². The molecule has 3 rings (SSSR count). The van der Waals surface area contributed by atoms with Crippen molar-refractivity contribution in [3.63, 3.8) is 0 Å². The SMILES string of the molecule is Fc1ccc2c(c1)CCC(N1CCOCC1)C2. The van der Waals surface area contributed by atoms with Gasteiger partial charge in [-0.2, -0.15) is 0 Å². The van der Waals surface area contributed by atoms with E-state index in [-0.39, 0.29) is 5.82 Å². The molecular weight excluding hydrogens is 217 g/mol. The van der Waals surface area contributed by atoms with Gasteiger partial charge in [-0.25, -0.2) is 4.39 Å². The van der Waals surface area contributed by atoms with E-state index in [1.807, 2.05) is 6.07 Å². The van der Waals surface area contributed by atoms with Crippen LogP contribution in [0.15, 0.2) is 18.2 Å². The lowest BCUT2D eigenvalue weighted by Gasteiger charge is -2.37. The molecule has 0 radical (unpaired) electrons. The summed E-state index contributed by atoms with van der Waals surface area (Å²) < 4.78 is 18.5. The largest absolute Gasteiger partial charge is 0.379 e. The van der Waals surface area contributed by atoms with E-state index >= 15 is 0 Å². The van der Waals surface area contributed by atoms with Crippen molar-refractivity contribution in [3.8, 4) is 0 Å². The van der Waals surface area contributed by atoms with Gasteiger partial charge in [-0.05, 0) is 42.5 Å². The third kappa shape index (κ3) is 2.35. The number of benzene rings is 1. The topological polar surface area (TPSA) is 12.5 Å². The fourth-order valence-corrected chi connectivity index (χ4v) is 2.96. The second-order valence-corrected chi connectivity index (χ2v) is 4.96. The maximum Gasteiger partial charge on any atom is 0.123 e. The van der Waals surface area contributed by atoms with Crippen LogP contribution in [0.4, 0.5) is 4.39 Å². The van der Waals surface area contributed by atoms with Gasteiger partial charge in [0.1, 0.15) is 5.82 Å². The molecule has 92 valence electrons. The van der Waals surface area contributed by atoms with Gasteiger partial charge in [-0.3, -0.25) is 4.90 Å². The molecular formula is C14H18FNO. The van der Waals surface area contributed by atoms with Crippen LogP contribution in [0, 0.1) is 5.82 Å². The van der Waals surface area contributed by atoms with Gasteiger partial charge in [0.2, 0.25) is 0 Å². The Morgan fingerprint density at radius 3 is 2.82 bits per heavy atom. The first-order chi connectivity index (χ1) is 8.33. The van der Waals surface area contributed by atoms with Crippen molar-refractivity contribution >= 4 is 0 Å². The van der Waals surface area contributed by atoms with E-state index in [0.717, 1.165) is 45.6 Å². The number of halogens is 1. The number of ether oxygens (including phenoxy) is 1. The van der Waals surface area contributed by atoms with Crippen LogP contribution < -0.4 is 0 Å². The molecule has 0 saturated carbocycles. The summed E-state index contributed by atoms with van der Waals surface area (Å²) in [5, 5.41) is 0. The van der Waals surface area contributed by atoms with Crippen molar-refractivity contribution < 1.29 is 9.13 Å². The molecule has 3 heteroatoms. The Kier molecular flexibility index (Phi) is 3.12. The van der Waals surface area contributed by atoms with Gasteiger partial charge in [0.15, 0.2) is 0 Å². The van der Waals surface area contributed by atoms with E-state index < -0.39 is 0 Å². The number of fused-ring (bicyclic) bond motifs is 1. The molecule has 1 heterocycles. The normalized spacial score (nSPS) is 25.6. The maximum absolute atomic E-state index is 13.1. The molecule has 1 unspecified atom stereocenters. The molecule has 0 aromatic heterocycles. The zero-order chi connectivity index (χ0) is 11.7. The van der Waals surface area contributed by atoms with Gasteiger partial charge >= 0.3 is 0 Å². The van der Waals surface area contributed by atoms with Gasteiger partial charge in [0.25, 0.3) is 0 Å². The Balaban J connectivity index is 1.73. The first kappa shape index (κ1) is 11.2. The molecule has 1 aliphatic heterocycles. The number of hydrogen-bond acceptors (Lipinski definition) is 2. The number of morpholine rings is 1. The molecule has 1 fully saturated rings. The second-order valence-electron chi connectivity index (χ2n) is 4.96. The standard InChI is InChI=1S/C14H18FNO/c15-13-3-1-12-10-14(4-2-11(12)9-13)16-5-7-17-8-6-16/h1,3,9,14H,2,4-8,10H2. The van der Waals surface area contributed by atoms with Crippen molar-refractivity contribution in [3.05, 3.63) is 35.1 Å². The van der Waals surface area contributed by atoms with E-state index in [1.165, 1.54) is 11.1 Å². The van der Waals surface area contributed by atoms with Crippen LogP contribution in [-0.4, -0.2) is 37.2 Å². The minimum atomic E-state index is -0.103. The van der Waals surface area contributed by atoms with Gasteiger partial charge in [0.05, 0.1) is 13.2 Å². The zero-order valence-corrected chi connectivity index (χ0v) is 9.99. The molecule has 0 spiro atoms. The first-order valence-corrected chi connectivity index (χ1v) is 6.42. The van der Waals surface area contributed by atoms with E-state index in [1.54, 1.807) is 12.1 Å². The fraction of sp³-hybridized carbons (Fsp3) is 0.571. The molecule has 17 heavy (non-hydrogen) atoms. The summed E-state index contributed by atoms with van der Waals surface area (Å²) in [7, 11) is 0. The molecule has 0 bridgehead atoms. The average molecular weight is 235 g/mol. The summed E-state index contributed by atoms with van der Waals surface area (Å²) in [6.07, 6.45) is 3.22. The number of rotatable bonds is 1. The molecule has 2 aliphatic rings. The number of hydrogen-bond donors (Lipinski definition) is 0. The number of nitrogens with zero attached hydrogens (tertiary/aromatic N) is 1. The lowest BCUT2D eigenvalue weighted by atomic mass is 9.87. The molecule has 2 nitrogen and oxygen atoms in total. The Morgan fingerprint density at radius 2 is 2.00 bits per heavy atom. The minimum Gasteiger partial charge on any atom is -0.379 e. The minimum absolute atomic E-state index is 0.103. The van der Waals surface area contributed by atoms with Crippen LogP contribution in [0.3, 0.4) is 0 Å². The van der Waals surface area contributed by atoms with Crippen LogP contribution in [0.2, 0.25) is 0 Å². The van der Waals surface area contributed by atoms with Crippen molar-refractivity contribution in [2.24, 2.45) is 0 Å². The van der Waals surface area contributed by atoms with Crippen molar-refractivity contribution in [1.29, 1.82) is 0 Å². The summed E-state index contributed by atoms with van der Waals surface area (Å²) in [6.45, 7) is 3.79. The Morgan fingerprint density at radius 1 is 1.18 bits per heavy atom. The van der Waals surface area contributed by atoms with E-state index in [9.17, 15) is 4.39 Å². The second kappa shape index (κ2) is 4.75. The molecule has 0 amide bonds. The Labute approximate surface area is 101 Å². The molecule has 1 aromatic rings. The van der Waals surface area contributed by atoms with Gasteiger partial charge in [-0.1, -0.05) is 6.07 Å². The van der Waals surface area contributed by atoms with E-state index in [2.05, 4.69) is 4.90 Å². The first-order valence-electron chi connectivity index (χ1n) is 6.42. The van der Waals surface area contributed by atoms with Crippen molar-refractivity contribution in [2.45, 2.75) is 25.3 Å². The summed E-state index contributed by atoms with van der Waals surface area (Å²) in [5.41, 5.74) is 2.53. The van der Waals surface area contributed by atoms with E-state index in [4.69, 9.17) is 4.74 Å². The quantitative estimate of drug-likeness (QED) is 0.738. The van der Waals surface area contributed by atoms with Crippen LogP contribution in [0.1, 0.15) is 17.5 Å². The van der Waals surface area contributed by atoms with Crippen molar-refractivity contribution in [1.82, 2.24) is 4.90 Å². The Hall–Kier alpha value is -0.930. The summed E-state index contributed by atoms with van der Waals surface area (Å²) in [4.78, 5) is 2.52. The molecule has 1 aromatic carbocycles. The third-order valence-electron chi connectivity index (χ3n) is 3.93. The highest BCUT2D eigenvalue weighted by molar-refractivity contribution is 5.31. The van der Waals surface area contributed by atoms with Crippen molar-refractivity contribution in [2.75, 3.05) is 26.3 Å². The average Bonchev–Trinajstić information content (AvgIpc) is 2.39. The van der Waals surface area contributed by atoms with Crippen LogP contribution >= 0.6 is 0 Å². The predicted octanol–water partition coefficient (Wildman–Crippen LogP) is 2.02. The number of aryl methyl sites for hydroxylation is 1. The highest BCUT2D eigenvalue weighted by Crippen LogP contribution is 2.25. The smallest absolute Gasteiger partial charge is 0.123 e. The molecule has 0 N–H and O–H groups in total. The maximum atomic E-state index is 13.1. The van der Waals surface area contributed by atoms with E-state index in [0.29, 0.717) is 6.04 Å². The van der Waals surface area contributed by atoms with Gasteiger partial charge < -0.3 is 4.74 Å². The lowest BCUT2D eigenvalue weighted by Crippen LogP contribution is -2.45. The molecule has 1 atom stereocenters. The highest BCUT2D eigenvalue weighted by Gasteiger charge is 2.25. The third-order valence-corrected chi connectivity index (χ3v) is 3.93. The Bertz CT molecular complexity index is 401. The monoisotopic (exact) mass is 235 g/mol. The lowest BCUT2D eigenvalue weighted by molar-refractivity contribution is 0.0137. The predicted molar refractivity (Wildman–Crippen MR) is 64.6 cm³/mol.